The first-order valence-corrected chi connectivity index (χ1v) is 5.01. The Hall–Kier alpha value is -1.49. The maximum Gasteiger partial charge on any atom is 0.237 e. The number of amides is 1. The number of carbonyl (C=O) groups excluding carboxylic acids is 1. The topological polar surface area (TPSA) is 55.1 Å². The molecule has 0 spiro atoms. The molecule has 5 heteroatoms. The zero-order valence-corrected chi connectivity index (χ0v) is 8.97. The third-order valence-corrected chi connectivity index (χ3v) is 2.24. The fourth-order valence-electron chi connectivity index (χ4n) is 1.18. The van der Waals surface area contributed by atoms with Crippen molar-refractivity contribution >= 4 is 5.91 Å². The summed E-state index contributed by atoms with van der Waals surface area (Å²) < 4.78 is 25.9. The quantitative estimate of drug-likeness (QED) is 0.816. The van der Waals surface area contributed by atoms with Gasteiger partial charge < -0.3 is 11.1 Å². The molecule has 16 heavy (non-hydrogen) atoms. The fourth-order valence-corrected chi connectivity index (χ4v) is 1.18. The number of hydrogen-bond donors (Lipinski definition) is 2. The number of carbonyl (C=O) groups is 1. The molecule has 3 N–H and O–H groups in total. The highest BCUT2D eigenvalue weighted by atomic mass is 19.1. The van der Waals surface area contributed by atoms with Crippen LogP contribution < -0.4 is 11.1 Å². The second kappa shape index (κ2) is 5.55. The predicted molar refractivity (Wildman–Crippen MR) is 56.5 cm³/mol. The van der Waals surface area contributed by atoms with Crippen LogP contribution in [0.3, 0.4) is 0 Å². The zero-order valence-electron chi connectivity index (χ0n) is 8.97. The fraction of sp³-hybridized carbons (Fsp3) is 0.364. The minimum Gasteiger partial charge on any atom is -0.351 e. The van der Waals surface area contributed by atoms with Gasteiger partial charge in [-0.25, -0.2) is 8.78 Å². The number of halogens is 2. The summed E-state index contributed by atoms with van der Waals surface area (Å²) in [6.07, 6.45) is 0.497. The van der Waals surface area contributed by atoms with Crippen LogP contribution >= 0.6 is 0 Å². The first-order chi connectivity index (χ1) is 7.54. The highest BCUT2D eigenvalue weighted by Gasteiger charge is 2.11. The lowest BCUT2D eigenvalue weighted by Crippen LogP contribution is -2.39. The highest BCUT2D eigenvalue weighted by molar-refractivity contribution is 5.81. The van der Waals surface area contributed by atoms with Crippen molar-refractivity contribution in [2.24, 2.45) is 5.73 Å². The van der Waals surface area contributed by atoms with Crippen molar-refractivity contribution < 1.29 is 13.6 Å². The van der Waals surface area contributed by atoms with Crippen molar-refractivity contribution in [3.05, 3.63) is 35.4 Å². The first kappa shape index (κ1) is 12.6. The Morgan fingerprint density at radius 3 is 2.81 bits per heavy atom. The van der Waals surface area contributed by atoms with Gasteiger partial charge in [-0.3, -0.25) is 4.79 Å². The molecule has 0 fully saturated rings. The standard InChI is InChI=1S/C11H14F2N2O/c1-2-10(14)11(16)15-6-7-5-8(12)3-4-9(7)13/h3-5,10H,2,6,14H2,1H3,(H,15,16)/t10-/m1/s1. The summed E-state index contributed by atoms with van der Waals surface area (Å²) in [6, 6.07) is 2.49. The van der Waals surface area contributed by atoms with E-state index in [1.54, 1.807) is 6.92 Å². The van der Waals surface area contributed by atoms with E-state index < -0.39 is 17.7 Å². The Kier molecular flexibility index (Phi) is 4.37. The smallest absolute Gasteiger partial charge is 0.237 e. The molecule has 1 amide bonds. The van der Waals surface area contributed by atoms with Crippen LogP contribution in [-0.2, 0) is 11.3 Å². The monoisotopic (exact) mass is 228 g/mol. The minimum atomic E-state index is -0.614. The Balaban J connectivity index is 2.61. The van der Waals surface area contributed by atoms with E-state index in [0.29, 0.717) is 6.42 Å². The van der Waals surface area contributed by atoms with E-state index in [1.807, 2.05) is 0 Å². The van der Waals surface area contributed by atoms with Crippen molar-refractivity contribution in [1.29, 1.82) is 0 Å². The first-order valence-electron chi connectivity index (χ1n) is 5.01. The predicted octanol–water partition coefficient (Wildman–Crippen LogP) is 1.32. The molecule has 0 aliphatic rings. The molecule has 1 aromatic rings. The maximum absolute atomic E-state index is 13.2. The van der Waals surface area contributed by atoms with E-state index in [9.17, 15) is 13.6 Å². The molecule has 0 aliphatic carbocycles. The molecule has 88 valence electrons. The lowest BCUT2D eigenvalue weighted by Gasteiger charge is -2.10. The Bertz CT molecular complexity index is 382. The van der Waals surface area contributed by atoms with Crippen molar-refractivity contribution in [3.8, 4) is 0 Å². The van der Waals surface area contributed by atoms with Gasteiger partial charge in [0.15, 0.2) is 0 Å². The van der Waals surface area contributed by atoms with Crippen LogP contribution in [0, 0.1) is 11.6 Å². The molecule has 0 saturated carbocycles. The van der Waals surface area contributed by atoms with Crippen molar-refractivity contribution in [3.63, 3.8) is 0 Å². The molecule has 0 bridgehead atoms. The number of hydrogen-bond acceptors (Lipinski definition) is 2. The van der Waals surface area contributed by atoms with Gasteiger partial charge in [-0.15, -0.1) is 0 Å². The summed E-state index contributed by atoms with van der Waals surface area (Å²) in [7, 11) is 0. The summed E-state index contributed by atoms with van der Waals surface area (Å²) in [5, 5.41) is 2.45. The molecular formula is C11H14F2N2O. The third kappa shape index (κ3) is 3.27. The second-order valence-corrected chi connectivity index (χ2v) is 3.47. The molecule has 0 saturated heterocycles. The number of nitrogens with one attached hydrogen (secondary N) is 1. The van der Waals surface area contributed by atoms with E-state index >= 15 is 0 Å². The molecule has 0 heterocycles. The van der Waals surface area contributed by atoms with Crippen LogP contribution in [0.15, 0.2) is 18.2 Å². The van der Waals surface area contributed by atoms with E-state index in [-0.39, 0.29) is 18.0 Å². The SMILES string of the molecule is CC[C@@H](N)C(=O)NCc1cc(F)ccc1F. The van der Waals surface area contributed by atoms with Gasteiger partial charge in [0, 0.05) is 12.1 Å². The second-order valence-electron chi connectivity index (χ2n) is 3.47. The van der Waals surface area contributed by atoms with Crippen LogP contribution in [0.4, 0.5) is 8.78 Å². The largest absolute Gasteiger partial charge is 0.351 e. The van der Waals surface area contributed by atoms with Crippen molar-refractivity contribution in [2.45, 2.75) is 25.9 Å². The molecule has 0 unspecified atom stereocenters. The van der Waals surface area contributed by atoms with Gasteiger partial charge in [-0.2, -0.15) is 0 Å². The van der Waals surface area contributed by atoms with E-state index in [4.69, 9.17) is 5.73 Å². The van der Waals surface area contributed by atoms with E-state index in [1.165, 1.54) is 0 Å². The van der Waals surface area contributed by atoms with Gasteiger partial charge in [0.05, 0.1) is 6.04 Å². The summed E-state index contributed by atoms with van der Waals surface area (Å²) in [5.74, 6) is -1.46. The van der Waals surface area contributed by atoms with Crippen molar-refractivity contribution in [2.75, 3.05) is 0 Å². The molecule has 0 radical (unpaired) electrons. The summed E-state index contributed by atoms with van der Waals surface area (Å²) in [4.78, 5) is 11.3. The molecular weight excluding hydrogens is 214 g/mol. The average molecular weight is 228 g/mol. The Labute approximate surface area is 92.6 Å². The maximum atomic E-state index is 13.2. The third-order valence-electron chi connectivity index (χ3n) is 2.24. The van der Waals surface area contributed by atoms with Crippen LogP contribution in [0.1, 0.15) is 18.9 Å². The van der Waals surface area contributed by atoms with Gasteiger partial charge in [-0.1, -0.05) is 6.92 Å². The average Bonchev–Trinajstić information content (AvgIpc) is 2.28. The van der Waals surface area contributed by atoms with Gasteiger partial charge in [0.1, 0.15) is 11.6 Å². The lowest BCUT2D eigenvalue weighted by molar-refractivity contribution is -0.122. The number of benzene rings is 1. The van der Waals surface area contributed by atoms with Gasteiger partial charge in [0.25, 0.3) is 0 Å². The van der Waals surface area contributed by atoms with E-state index in [0.717, 1.165) is 18.2 Å². The summed E-state index contributed by atoms with van der Waals surface area (Å²) in [6.45, 7) is 1.71. The Morgan fingerprint density at radius 1 is 1.50 bits per heavy atom. The molecule has 0 aromatic heterocycles. The zero-order chi connectivity index (χ0) is 12.1. The normalized spacial score (nSPS) is 12.2. The summed E-state index contributed by atoms with van der Waals surface area (Å²) >= 11 is 0. The molecule has 1 atom stereocenters. The van der Waals surface area contributed by atoms with Crippen molar-refractivity contribution in [1.82, 2.24) is 5.32 Å². The molecule has 3 nitrogen and oxygen atoms in total. The molecule has 0 aliphatic heterocycles. The molecule has 1 aromatic carbocycles. The van der Waals surface area contributed by atoms with Crippen LogP contribution in [0.5, 0.6) is 0 Å². The minimum absolute atomic E-state index is 0.0594. The lowest BCUT2D eigenvalue weighted by atomic mass is 10.2. The van der Waals surface area contributed by atoms with E-state index in [2.05, 4.69) is 5.32 Å². The van der Waals surface area contributed by atoms with Gasteiger partial charge >= 0.3 is 0 Å². The summed E-state index contributed by atoms with van der Waals surface area (Å²) in [5.41, 5.74) is 5.58. The van der Waals surface area contributed by atoms with Crippen LogP contribution in [0.25, 0.3) is 0 Å². The van der Waals surface area contributed by atoms with Gasteiger partial charge in [0.2, 0.25) is 5.91 Å². The van der Waals surface area contributed by atoms with Gasteiger partial charge in [-0.05, 0) is 24.6 Å². The van der Waals surface area contributed by atoms with Crippen LogP contribution in [0.2, 0.25) is 0 Å². The molecule has 1 rings (SSSR count). The Morgan fingerprint density at radius 2 is 2.19 bits per heavy atom. The van der Waals surface area contributed by atoms with Crippen LogP contribution in [-0.4, -0.2) is 11.9 Å². The number of nitrogens with two attached hydrogens (primary N) is 1. The highest BCUT2D eigenvalue weighted by Crippen LogP contribution is 2.09. The number of rotatable bonds is 4.